The molecular weight excluding hydrogens is 358 g/mol. The lowest BCUT2D eigenvalue weighted by atomic mass is 10.2. The van der Waals surface area contributed by atoms with E-state index >= 15 is 0 Å². The van der Waals surface area contributed by atoms with Gasteiger partial charge in [0.2, 0.25) is 0 Å². The Morgan fingerprint density at radius 1 is 1.19 bits per heavy atom. The number of nitrogens with zero attached hydrogens (tertiary/aromatic N) is 2. The zero-order valence-electron chi connectivity index (χ0n) is 13.5. The van der Waals surface area contributed by atoms with Crippen molar-refractivity contribution in [1.82, 2.24) is 5.32 Å². The van der Waals surface area contributed by atoms with E-state index < -0.39 is 4.92 Å². The number of phenols is 2. The summed E-state index contributed by atoms with van der Waals surface area (Å²) in [6, 6.07) is 8.51. The van der Waals surface area contributed by atoms with Gasteiger partial charge in [0.05, 0.1) is 15.5 Å². The number of amides is 1. The van der Waals surface area contributed by atoms with Crippen molar-refractivity contribution in [2.75, 3.05) is 0 Å². The number of phenolic OH excluding ortho intramolecular Hbond substituents is 2. The summed E-state index contributed by atoms with van der Waals surface area (Å²) in [5.74, 6) is -0.870. The van der Waals surface area contributed by atoms with E-state index in [-0.39, 0.29) is 23.1 Å². The molecule has 8 nitrogen and oxygen atoms in total. The first-order valence-corrected chi connectivity index (χ1v) is 8.22. The molecule has 0 atom stereocenters. The molecule has 1 aliphatic heterocycles. The summed E-state index contributed by atoms with van der Waals surface area (Å²) >= 11 is 1.11. The lowest BCUT2D eigenvalue weighted by Gasteiger charge is -2.01. The van der Waals surface area contributed by atoms with Crippen LogP contribution < -0.4 is 5.32 Å². The molecule has 2 aromatic carbocycles. The molecule has 0 spiro atoms. The van der Waals surface area contributed by atoms with Gasteiger partial charge in [0.15, 0.2) is 16.7 Å². The zero-order valence-corrected chi connectivity index (χ0v) is 14.3. The fourth-order valence-corrected chi connectivity index (χ4v) is 3.08. The summed E-state index contributed by atoms with van der Waals surface area (Å²) < 4.78 is 0. The van der Waals surface area contributed by atoms with Crippen molar-refractivity contribution < 1.29 is 19.9 Å². The topological polar surface area (TPSA) is 125 Å². The maximum absolute atomic E-state index is 12.1. The molecule has 0 aromatic heterocycles. The molecule has 1 heterocycles. The second-order valence-corrected chi connectivity index (χ2v) is 6.49. The Bertz CT molecular complexity index is 984. The van der Waals surface area contributed by atoms with Crippen LogP contribution in [0.1, 0.15) is 11.1 Å². The number of nitrogens with one attached hydrogen (secondary N) is 1. The molecule has 0 bridgehead atoms. The van der Waals surface area contributed by atoms with Crippen LogP contribution in [0.4, 0.5) is 11.4 Å². The Morgan fingerprint density at radius 3 is 2.62 bits per heavy atom. The molecule has 0 aliphatic carbocycles. The highest BCUT2D eigenvalue weighted by atomic mass is 32.2. The van der Waals surface area contributed by atoms with Crippen LogP contribution >= 0.6 is 11.8 Å². The SMILES string of the molecule is Cc1cc([N+](=O)[O-])ccc1N=C1NC(=O)/C(=C/c2ccc(O)c(O)c2)S1. The summed E-state index contributed by atoms with van der Waals surface area (Å²) in [4.78, 5) is 27.1. The number of non-ortho nitro benzene ring substituents is 1. The minimum absolute atomic E-state index is 0.0257. The summed E-state index contributed by atoms with van der Waals surface area (Å²) in [5, 5.41) is 32.6. The number of carbonyl (C=O) groups is 1. The fourth-order valence-electron chi connectivity index (χ4n) is 2.25. The van der Waals surface area contributed by atoms with Crippen LogP contribution in [0, 0.1) is 17.0 Å². The largest absolute Gasteiger partial charge is 0.504 e. The van der Waals surface area contributed by atoms with Crippen molar-refractivity contribution in [3.8, 4) is 11.5 Å². The van der Waals surface area contributed by atoms with E-state index in [9.17, 15) is 25.1 Å². The monoisotopic (exact) mass is 371 g/mol. The van der Waals surface area contributed by atoms with Gasteiger partial charge in [-0.05, 0) is 54.1 Å². The van der Waals surface area contributed by atoms with E-state index in [4.69, 9.17) is 0 Å². The van der Waals surface area contributed by atoms with E-state index in [1.807, 2.05) is 0 Å². The summed E-state index contributed by atoms with van der Waals surface area (Å²) in [6.07, 6.45) is 1.56. The first kappa shape index (κ1) is 17.5. The Hall–Kier alpha value is -3.33. The van der Waals surface area contributed by atoms with Gasteiger partial charge in [0.1, 0.15) is 0 Å². The van der Waals surface area contributed by atoms with E-state index in [1.54, 1.807) is 19.1 Å². The number of aromatic hydroxyl groups is 2. The van der Waals surface area contributed by atoms with Gasteiger partial charge in [-0.1, -0.05) is 6.07 Å². The predicted octanol–water partition coefficient (Wildman–Crippen LogP) is 3.21. The van der Waals surface area contributed by atoms with Gasteiger partial charge in [0, 0.05) is 12.1 Å². The third kappa shape index (κ3) is 3.67. The average Bonchev–Trinajstić information content (AvgIpc) is 2.92. The molecule has 3 N–H and O–H groups in total. The van der Waals surface area contributed by atoms with Crippen LogP contribution in [0.15, 0.2) is 46.3 Å². The number of hydrogen-bond acceptors (Lipinski definition) is 7. The first-order chi connectivity index (χ1) is 12.3. The molecule has 0 unspecified atom stereocenters. The van der Waals surface area contributed by atoms with Crippen LogP contribution in [-0.4, -0.2) is 26.2 Å². The number of rotatable bonds is 3. The molecule has 132 valence electrons. The Labute approximate surface area is 152 Å². The summed E-state index contributed by atoms with van der Waals surface area (Å²) in [6.45, 7) is 1.70. The molecule has 9 heteroatoms. The summed E-state index contributed by atoms with van der Waals surface area (Å²) in [7, 11) is 0. The van der Waals surface area contributed by atoms with Crippen LogP contribution in [0.5, 0.6) is 11.5 Å². The quantitative estimate of drug-likeness (QED) is 0.329. The highest BCUT2D eigenvalue weighted by Gasteiger charge is 2.24. The van der Waals surface area contributed by atoms with Gasteiger partial charge in [-0.25, -0.2) is 4.99 Å². The minimum atomic E-state index is -0.482. The second-order valence-electron chi connectivity index (χ2n) is 5.46. The third-order valence-corrected chi connectivity index (χ3v) is 4.47. The number of thioether (sulfide) groups is 1. The lowest BCUT2D eigenvalue weighted by molar-refractivity contribution is -0.384. The van der Waals surface area contributed by atoms with Gasteiger partial charge < -0.3 is 15.5 Å². The van der Waals surface area contributed by atoms with Crippen molar-refractivity contribution in [3.05, 3.63) is 62.5 Å². The molecular formula is C17H13N3O5S. The number of benzene rings is 2. The molecule has 3 rings (SSSR count). The third-order valence-electron chi connectivity index (χ3n) is 3.56. The number of nitro groups is 1. The second kappa shape index (κ2) is 6.89. The number of carbonyl (C=O) groups excluding carboxylic acids is 1. The number of amidine groups is 1. The number of aryl methyl sites for hydroxylation is 1. The van der Waals surface area contributed by atoms with E-state index in [0.717, 1.165) is 11.8 Å². The van der Waals surface area contributed by atoms with Crippen molar-refractivity contribution in [1.29, 1.82) is 0 Å². The van der Waals surface area contributed by atoms with Crippen molar-refractivity contribution >= 4 is 40.3 Å². The molecule has 1 saturated heterocycles. The van der Waals surface area contributed by atoms with Crippen LogP contribution in [0.25, 0.3) is 6.08 Å². The van der Waals surface area contributed by atoms with Crippen molar-refractivity contribution in [2.45, 2.75) is 6.92 Å². The van der Waals surface area contributed by atoms with Gasteiger partial charge in [-0.15, -0.1) is 0 Å². The summed E-state index contributed by atoms with van der Waals surface area (Å²) in [5.41, 5.74) is 1.65. The molecule has 1 fully saturated rings. The number of hydrogen-bond donors (Lipinski definition) is 3. The highest BCUT2D eigenvalue weighted by Crippen LogP contribution is 2.32. The molecule has 26 heavy (non-hydrogen) atoms. The van der Waals surface area contributed by atoms with Gasteiger partial charge >= 0.3 is 0 Å². The fraction of sp³-hybridized carbons (Fsp3) is 0.0588. The van der Waals surface area contributed by atoms with E-state index in [0.29, 0.717) is 26.9 Å². The molecule has 2 aromatic rings. The standard InChI is InChI=1S/C17H13N3O5S/c1-9-6-11(20(24)25)3-4-12(9)18-17-19-16(23)15(26-17)8-10-2-5-13(21)14(22)7-10/h2-8,21-22H,1H3,(H,18,19,23)/b15-8-. The van der Waals surface area contributed by atoms with Crippen LogP contribution in [0.3, 0.4) is 0 Å². The Morgan fingerprint density at radius 2 is 1.96 bits per heavy atom. The van der Waals surface area contributed by atoms with Gasteiger partial charge in [-0.2, -0.15) is 0 Å². The van der Waals surface area contributed by atoms with E-state index in [2.05, 4.69) is 10.3 Å². The highest BCUT2D eigenvalue weighted by molar-refractivity contribution is 8.18. The van der Waals surface area contributed by atoms with Crippen LogP contribution in [0.2, 0.25) is 0 Å². The lowest BCUT2D eigenvalue weighted by Crippen LogP contribution is -2.19. The van der Waals surface area contributed by atoms with Crippen molar-refractivity contribution in [2.24, 2.45) is 4.99 Å². The van der Waals surface area contributed by atoms with Gasteiger partial charge in [0.25, 0.3) is 11.6 Å². The molecule has 0 saturated carbocycles. The Kier molecular flexibility index (Phi) is 4.63. The average molecular weight is 371 g/mol. The van der Waals surface area contributed by atoms with Gasteiger partial charge in [-0.3, -0.25) is 14.9 Å². The Balaban J connectivity index is 1.85. The normalized spacial score (nSPS) is 16.9. The number of nitro benzene ring substituents is 1. The molecule has 0 radical (unpaired) electrons. The maximum Gasteiger partial charge on any atom is 0.269 e. The van der Waals surface area contributed by atoms with Crippen molar-refractivity contribution in [3.63, 3.8) is 0 Å². The predicted molar refractivity (Wildman–Crippen MR) is 98.4 cm³/mol. The molecule has 1 amide bonds. The minimum Gasteiger partial charge on any atom is -0.504 e. The smallest absolute Gasteiger partial charge is 0.269 e. The number of aliphatic imine (C=N–C) groups is 1. The zero-order chi connectivity index (χ0) is 18.8. The first-order valence-electron chi connectivity index (χ1n) is 7.40. The molecule has 1 aliphatic rings. The van der Waals surface area contributed by atoms with E-state index in [1.165, 1.54) is 30.3 Å². The maximum atomic E-state index is 12.1. The van der Waals surface area contributed by atoms with Crippen LogP contribution in [-0.2, 0) is 4.79 Å².